The molecule has 1 aromatic carbocycles. The molecule has 0 aliphatic rings. The predicted molar refractivity (Wildman–Crippen MR) is 119 cm³/mol. The quantitative estimate of drug-likeness (QED) is 0.198. The molecule has 3 N–H and O–H groups in total. The zero-order valence-corrected chi connectivity index (χ0v) is 18.5. The second-order valence-corrected chi connectivity index (χ2v) is 5.76. The van der Waals surface area contributed by atoms with Gasteiger partial charge in [-0.05, 0) is 43.9 Å². The van der Waals surface area contributed by atoms with Gasteiger partial charge in [0.15, 0.2) is 5.96 Å². The Labute approximate surface area is 174 Å². The molecule has 6 nitrogen and oxygen atoms in total. The van der Waals surface area contributed by atoms with Gasteiger partial charge in [0.05, 0.1) is 0 Å². The van der Waals surface area contributed by atoms with Gasteiger partial charge < -0.3 is 20.7 Å². The number of hydrogen-bond donors (Lipinski definition) is 3. The van der Waals surface area contributed by atoms with Crippen LogP contribution < -0.4 is 16.0 Å². The molecule has 26 heavy (non-hydrogen) atoms. The summed E-state index contributed by atoms with van der Waals surface area (Å²) in [7, 11) is 1.76. The SMILES string of the molecule is CCCC(=O)Nc1cccc(CNC(=NC)NCCCCOCC)c1.I. The minimum Gasteiger partial charge on any atom is -0.382 e. The molecule has 0 aliphatic carbocycles. The maximum atomic E-state index is 11.7. The lowest BCUT2D eigenvalue weighted by molar-refractivity contribution is -0.116. The number of amides is 1. The Bertz CT molecular complexity index is 538. The van der Waals surface area contributed by atoms with E-state index < -0.39 is 0 Å². The number of anilines is 1. The number of nitrogens with one attached hydrogen (secondary N) is 3. The molecular weight excluding hydrogens is 443 g/mol. The van der Waals surface area contributed by atoms with Crippen LogP contribution in [0, 0.1) is 0 Å². The Morgan fingerprint density at radius 2 is 2.00 bits per heavy atom. The summed E-state index contributed by atoms with van der Waals surface area (Å²) in [6, 6.07) is 7.86. The van der Waals surface area contributed by atoms with Gasteiger partial charge in [0.1, 0.15) is 0 Å². The molecule has 1 rings (SSSR count). The topological polar surface area (TPSA) is 74.8 Å². The van der Waals surface area contributed by atoms with Crippen molar-refractivity contribution >= 4 is 41.5 Å². The lowest BCUT2D eigenvalue weighted by atomic mass is 10.2. The fourth-order valence-corrected chi connectivity index (χ4v) is 2.30. The van der Waals surface area contributed by atoms with Crippen LogP contribution in [0.5, 0.6) is 0 Å². The Kier molecular flexibility index (Phi) is 15.0. The lowest BCUT2D eigenvalue weighted by Gasteiger charge is -2.13. The van der Waals surface area contributed by atoms with Crippen LogP contribution in [0.25, 0.3) is 0 Å². The van der Waals surface area contributed by atoms with Gasteiger partial charge in [0, 0.05) is 45.5 Å². The Morgan fingerprint density at radius 1 is 1.19 bits per heavy atom. The third-order valence-corrected chi connectivity index (χ3v) is 3.58. The summed E-state index contributed by atoms with van der Waals surface area (Å²) in [4.78, 5) is 15.9. The molecule has 0 heterocycles. The third kappa shape index (κ3) is 11.3. The highest BCUT2D eigenvalue weighted by Crippen LogP contribution is 2.11. The fourth-order valence-electron chi connectivity index (χ4n) is 2.30. The van der Waals surface area contributed by atoms with Gasteiger partial charge in [-0.25, -0.2) is 0 Å². The van der Waals surface area contributed by atoms with Gasteiger partial charge >= 0.3 is 0 Å². The molecule has 0 spiro atoms. The minimum absolute atomic E-state index is 0. The number of carbonyl (C=O) groups is 1. The molecule has 0 aliphatic heterocycles. The highest BCUT2D eigenvalue weighted by atomic mass is 127. The first kappa shape index (κ1) is 24.7. The van der Waals surface area contributed by atoms with E-state index in [9.17, 15) is 4.79 Å². The van der Waals surface area contributed by atoms with Crippen molar-refractivity contribution in [3.63, 3.8) is 0 Å². The molecular formula is C19H33IN4O2. The van der Waals surface area contributed by atoms with Gasteiger partial charge in [-0.3, -0.25) is 9.79 Å². The number of ether oxygens (including phenoxy) is 1. The predicted octanol–water partition coefficient (Wildman–Crippen LogP) is 3.52. The lowest BCUT2D eigenvalue weighted by Crippen LogP contribution is -2.37. The maximum Gasteiger partial charge on any atom is 0.224 e. The van der Waals surface area contributed by atoms with Crippen molar-refractivity contribution in [1.82, 2.24) is 10.6 Å². The molecule has 148 valence electrons. The van der Waals surface area contributed by atoms with Crippen molar-refractivity contribution in [3.05, 3.63) is 29.8 Å². The molecule has 0 fully saturated rings. The number of halogens is 1. The number of aliphatic imine (C=N–C) groups is 1. The maximum absolute atomic E-state index is 11.7. The van der Waals surface area contributed by atoms with Gasteiger partial charge in [0.25, 0.3) is 0 Å². The highest BCUT2D eigenvalue weighted by Gasteiger charge is 2.03. The smallest absolute Gasteiger partial charge is 0.224 e. The summed E-state index contributed by atoms with van der Waals surface area (Å²) in [6.07, 6.45) is 3.47. The second-order valence-electron chi connectivity index (χ2n) is 5.76. The normalized spacial score (nSPS) is 10.8. The van der Waals surface area contributed by atoms with Crippen molar-refractivity contribution in [3.8, 4) is 0 Å². The number of benzene rings is 1. The highest BCUT2D eigenvalue weighted by molar-refractivity contribution is 14.0. The first-order valence-corrected chi connectivity index (χ1v) is 9.10. The third-order valence-electron chi connectivity index (χ3n) is 3.58. The van der Waals surface area contributed by atoms with Crippen molar-refractivity contribution in [2.75, 3.05) is 32.1 Å². The van der Waals surface area contributed by atoms with E-state index in [0.717, 1.165) is 56.2 Å². The van der Waals surface area contributed by atoms with Crippen molar-refractivity contribution in [2.24, 2.45) is 4.99 Å². The van der Waals surface area contributed by atoms with E-state index >= 15 is 0 Å². The van der Waals surface area contributed by atoms with Gasteiger partial charge in [-0.1, -0.05) is 19.1 Å². The first-order chi connectivity index (χ1) is 12.2. The van der Waals surface area contributed by atoms with E-state index in [2.05, 4.69) is 20.9 Å². The van der Waals surface area contributed by atoms with Crippen LogP contribution in [0.2, 0.25) is 0 Å². The Hall–Kier alpha value is -1.35. The summed E-state index contributed by atoms with van der Waals surface area (Å²) >= 11 is 0. The van der Waals surface area contributed by atoms with Crippen LogP contribution in [-0.2, 0) is 16.1 Å². The number of guanidine groups is 1. The number of rotatable bonds is 11. The minimum atomic E-state index is 0. The van der Waals surface area contributed by atoms with Crippen LogP contribution >= 0.6 is 24.0 Å². The van der Waals surface area contributed by atoms with E-state index in [1.165, 1.54) is 0 Å². The zero-order chi connectivity index (χ0) is 18.3. The number of unbranched alkanes of at least 4 members (excludes halogenated alkanes) is 1. The Balaban J connectivity index is 0.00000625. The molecule has 0 radical (unpaired) electrons. The number of nitrogens with zero attached hydrogens (tertiary/aromatic N) is 1. The van der Waals surface area contributed by atoms with Crippen molar-refractivity contribution in [1.29, 1.82) is 0 Å². The van der Waals surface area contributed by atoms with E-state index in [4.69, 9.17) is 4.74 Å². The van der Waals surface area contributed by atoms with E-state index in [1.807, 2.05) is 38.1 Å². The van der Waals surface area contributed by atoms with Crippen LogP contribution in [0.4, 0.5) is 5.69 Å². The molecule has 7 heteroatoms. The summed E-state index contributed by atoms with van der Waals surface area (Å²) in [5.74, 6) is 0.828. The molecule has 0 atom stereocenters. The molecule has 0 bridgehead atoms. The summed E-state index contributed by atoms with van der Waals surface area (Å²) < 4.78 is 5.32. The molecule has 0 unspecified atom stereocenters. The second kappa shape index (κ2) is 15.9. The number of hydrogen-bond acceptors (Lipinski definition) is 3. The average Bonchev–Trinajstić information content (AvgIpc) is 2.61. The average molecular weight is 476 g/mol. The summed E-state index contributed by atoms with van der Waals surface area (Å²) in [5.41, 5.74) is 1.92. The molecule has 1 amide bonds. The zero-order valence-electron chi connectivity index (χ0n) is 16.1. The van der Waals surface area contributed by atoms with Gasteiger partial charge in [0.2, 0.25) is 5.91 Å². The fraction of sp³-hybridized carbons (Fsp3) is 0.579. The van der Waals surface area contributed by atoms with Crippen LogP contribution in [0.15, 0.2) is 29.3 Å². The summed E-state index contributed by atoms with van der Waals surface area (Å²) in [5, 5.41) is 9.50. The summed E-state index contributed by atoms with van der Waals surface area (Å²) in [6.45, 7) is 7.09. The van der Waals surface area contributed by atoms with Crippen LogP contribution in [-0.4, -0.2) is 38.7 Å². The van der Waals surface area contributed by atoms with Crippen LogP contribution in [0.3, 0.4) is 0 Å². The monoisotopic (exact) mass is 476 g/mol. The first-order valence-electron chi connectivity index (χ1n) is 9.10. The molecule has 1 aromatic rings. The molecule has 0 saturated heterocycles. The standard InChI is InChI=1S/C19H32N4O2.HI/c1-4-9-18(24)23-17-11-8-10-16(14-17)15-22-19(20-3)21-12-6-7-13-25-5-2;/h8,10-11,14H,4-7,9,12-13,15H2,1-3H3,(H,23,24)(H2,20,21,22);1H. The largest absolute Gasteiger partial charge is 0.382 e. The van der Waals surface area contributed by atoms with E-state index in [1.54, 1.807) is 7.05 Å². The Morgan fingerprint density at radius 3 is 2.69 bits per heavy atom. The number of carbonyl (C=O) groups excluding carboxylic acids is 1. The molecule has 0 saturated carbocycles. The molecule has 0 aromatic heterocycles. The van der Waals surface area contributed by atoms with Gasteiger partial charge in [-0.15, -0.1) is 24.0 Å². The van der Waals surface area contributed by atoms with Crippen molar-refractivity contribution in [2.45, 2.75) is 46.1 Å². The van der Waals surface area contributed by atoms with Crippen LogP contribution in [0.1, 0.15) is 45.1 Å². The van der Waals surface area contributed by atoms with E-state index in [-0.39, 0.29) is 29.9 Å². The van der Waals surface area contributed by atoms with Crippen molar-refractivity contribution < 1.29 is 9.53 Å². The van der Waals surface area contributed by atoms with Gasteiger partial charge in [-0.2, -0.15) is 0 Å². The van der Waals surface area contributed by atoms with E-state index in [0.29, 0.717) is 13.0 Å².